The second kappa shape index (κ2) is 9.62. The average Bonchev–Trinajstić information content (AvgIpc) is 2.50. The zero-order valence-corrected chi connectivity index (χ0v) is 18.0. The molecule has 1 aromatic rings. The Labute approximate surface area is 157 Å². The molecule has 0 bridgehead atoms. The highest BCUT2D eigenvalue weighted by Gasteiger charge is 2.27. The molecule has 0 radical (unpaired) electrons. The third kappa shape index (κ3) is 7.81. The highest BCUT2D eigenvalue weighted by Crippen LogP contribution is 2.36. The maximum absolute atomic E-state index is 6.07. The van der Waals surface area contributed by atoms with Gasteiger partial charge < -0.3 is 4.74 Å². The molecule has 0 amide bonds. The summed E-state index contributed by atoms with van der Waals surface area (Å²) in [4.78, 5) is 2.53. The van der Waals surface area contributed by atoms with Gasteiger partial charge in [-0.25, -0.2) is 0 Å². The van der Waals surface area contributed by atoms with Gasteiger partial charge in [-0.05, 0) is 67.8 Å². The Bertz CT molecular complexity index is 478. The van der Waals surface area contributed by atoms with Gasteiger partial charge in [0.15, 0.2) is 0 Å². The molecule has 1 aromatic carbocycles. The molecule has 1 rings (SSSR count). The van der Waals surface area contributed by atoms with Crippen LogP contribution in [0.25, 0.3) is 0 Å². The second-order valence-corrected chi connectivity index (χ2v) is 9.34. The van der Waals surface area contributed by atoms with Crippen LogP contribution < -0.4 is 4.74 Å². The van der Waals surface area contributed by atoms with E-state index in [1.54, 1.807) is 0 Å². The number of hydrogen-bond donors (Lipinski definition) is 0. The Morgan fingerprint density at radius 2 is 1.44 bits per heavy atom. The first-order valence-corrected chi connectivity index (χ1v) is 10.1. The Morgan fingerprint density at radius 1 is 0.920 bits per heavy atom. The van der Waals surface area contributed by atoms with Crippen LogP contribution in [0.1, 0.15) is 80.2 Å². The van der Waals surface area contributed by atoms with Gasteiger partial charge in [0.1, 0.15) is 12.4 Å². The maximum atomic E-state index is 6.07. The lowest BCUT2D eigenvalue weighted by molar-refractivity contribution is 0.146. The summed E-state index contributed by atoms with van der Waals surface area (Å²) in [6.07, 6.45) is 3.56. The summed E-state index contributed by atoms with van der Waals surface area (Å²) in [5.74, 6) is 0.982. The lowest BCUT2D eigenvalue weighted by atomic mass is 9.72. The minimum Gasteiger partial charge on any atom is -0.492 e. The smallest absolute Gasteiger partial charge is 0.119 e. The molecule has 0 aliphatic rings. The van der Waals surface area contributed by atoms with Gasteiger partial charge in [0, 0.05) is 6.04 Å². The lowest BCUT2D eigenvalue weighted by Crippen LogP contribution is -2.38. The molecule has 0 aliphatic carbocycles. The van der Waals surface area contributed by atoms with E-state index in [-0.39, 0.29) is 5.41 Å². The average molecular weight is 348 g/mol. The first kappa shape index (κ1) is 22.0. The van der Waals surface area contributed by atoms with Gasteiger partial charge in [0.05, 0.1) is 0 Å². The summed E-state index contributed by atoms with van der Waals surface area (Å²) in [6, 6.07) is 9.20. The fourth-order valence-electron chi connectivity index (χ4n) is 3.88. The number of ether oxygens (including phenoxy) is 1. The van der Waals surface area contributed by atoms with Crippen LogP contribution in [-0.2, 0) is 5.41 Å². The molecule has 25 heavy (non-hydrogen) atoms. The molecule has 2 nitrogen and oxygen atoms in total. The lowest BCUT2D eigenvalue weighted by Gasteiger charge is -2.33. The zero-order valence-electron chi connectivity index (χ0n) is 18.0. The van der Waals surface area contributed by atoms with Gasteiger partial charge in [-0.2, -0.15) is 0 Å². The zero-order chi connectivity index (χ0) is 19.1. The molecule has 1 atom stereocenters. The summed E-state index contributed by atoms with van der Waals surface area (Å²) in [5, 5.41) is 0. The normalized spacial score (nSPS) is 14.0. The first-order chi connectivity index (χ1) is 11.6. The van der Waals surface area contributed by atoms with E-state index in [1.165, 1.54) is 24.8 Å². The minimum atomic E-state index is 0.184. The van der Waals surface area contributed by atoms with Crippen molar-refractivity contribution in [1.29, 1.82) is 0 Å². The van der Waals surface area contributed by atoms with Gasteiger partial charge in [-0.1, -0.05) is 60.6 Å². The molecule has 0 aromatic heterocycles. The molecular weight excluding hydrogens is 306 g/mol. The Kier molecular flexibility index (Phi) is 8.47. The third-order valence-electron chi connectivity index (χ3n) is 4.74. The summed E-state index contributed by atoms with van der Waals surface area (Å²) in [5.41, 5.74) is 1.90. The van der Waals surface area contributed by atoms with Gasteiger partial charge >= 0.3 is 0 Å². The van der Waals surface area contributed by atoms with Crippen LogP contribution in [0.15, 0.2) is 24.3 Å². The predicted molar refractivity (Wildman–Crippen MR) is 111 cm³/mol. The fourth-order valence-corrected chi connectivity index (χ4v) is 3.88. The molecule has 0 N–H and O–H groups in total. The summed E-state index contributed by atoms with van der Waals surface area (Å²) in [6.45, 7) is 21.4. The molecule has 1 unspecified atom stereocenters. The van der Waals surface area contributed by atoms with E-state index in [2.05, 4.69) is 84.6 Å². The van der Waals surface area contributed by atoms with Crippen molar-refractivity contribution in [3.05, 3.63) is 29.8 Å². The van der Waals surface area contributed by atoms with E-state index < -0.39 is 0 Å². The summed E-state index contributed by atoms with van der Waals surface area (Å²) in [7, 11) is 0. The molecule has 0 aliphatic heterocycles. The first-order valence-electron chi connectivity index (χ1n) is 10.1. The van der Waals surface area contributed by atoms with Crippen LogP contribution in [0.3, 0.4) is 0 Å². The highest BCUT2D eigenvalue weighted by molar-refractivity contribution is 5.31. The number of rotatable bonds is 10. The topological polar surface area (TPSA) is 12.5 Å². The quantitative estimate of drug-likeness (QED) is 0.493. The van der Waals surface area contributed by atoms with E-state index in [0.29, 0.717) is 11.5 Å². The Morgan fingerprint density at radius 3 is 1.88 bits per heavy atom. The molecule has 0 fully saturated rings. The van der Waals surface area contributed by atoms with Crippen molar-refractivity contribution in [2.24, 2.45) is 5.41 Å². The van der Waals surface area contributed by atoms with E-state index in [1.807, 2.05) is 0 Å². The van der Waals surface area contributed by atoms with Crippen LogP contribution >= 0.6 is 0 Å². The van der Waals surface area contributed by atoms with Gasteiger partial charge in [0.25, 0.3) is 0 Å². The van der Waals surface area contributed by atoms with Crippen molar-refractivity contribution >= 4 is 0 Å². The van der Waals surface area contributed by atoms with Crippen molar-refractivity contribution < 1.29 is 4.74 Å². The Balaban J connectivity index is 2.65. The van der Waals surface area contributed by atoms with Crippen LogP contribution in [0.5, 0.6) is 5.75 Å². The van der Waals surface area contributed by atoms with Gasteiger partial charge in [-0.15, -0.1) is 0 Å². The SMILES string of the molecule is CCCN(CCC)C(C)COc1ccc(C(C)(C)CC(C)(C)C)cc1. The monoisotopic (exact) mass is 347 g/mol. The largest absolute Gasteiger partial charge is 0.492 e. The van der Waals surface area contributed by atoms with E-state index in [0.717, 1.165) is 25.4 Å². The second-order valence-electron chi connectivity index (χ2n) is 9.34. The Hall–Kier alpha value is -1.02. The van der Waals surface area contributed by atoms with Gasteiger partial charge in [0.2, 0.25) is 0 Å². The molecule has 144 valence electrons. The van der Waals surface area contributed by atoms with Crippen molar-refractivity contribution in [3.8, 4) is 5.75 Å². The van der Waals surface area contributed by atoms with Crippen molar-refractivity contribution in [1.82, 2.24) is 4.90 Å². The summed E-state index contributed by atoms with van der Waals surface area (Å²) < 4.78 is 6.07. The minimum absolute atomic E-state index is 0.184. The van der Waals surface area contributed by atoms with Gasteiger partial charge in [-0.3, -0.25) is 4.90 Å². The molecule has 2 heteroatoms. The van der Waals surface area contributed by atoms with Crippen molar-refractivity contribution in [2.75, 3.05) is 19.7 Å². The third-order valence-corrected chi connectivity index (χ3v) is 4.74. The molecule has 0 spiro atoms. The van der Waals surface area contributed by atoms with Crippen molar-refractivity contribution in [3.63, 3.8) is 0 Å². The number of nitrogens with zero attached hydrogens (tertiary/aromatic N) is 1. The molecular formula is C23H41NO. The maximum Gasteiger partial charge on any atom is 0.119 e. The summed E-state index contributed by atoms with van der Waals surface area (Å²) >= 11 is 0. The number of hydrogen-bond acceptors (Lipinski definition) is 2. The van der Waals surface area contributed by atoms with E-state index >= 15 is 0 Å². The van der Waals surface area contributed by atoms with Crippen LogP contribution in [0.2, 0.25) is 0 Å². The molecule has 0 saturated heterocycles. The van der Waals surface area contributed by atoms with Crippen LogP contribution in [-0.4, -0.2) is 30.6 Å². The predicted octanol–water partition coefficient (Wildman–Crippen LogP) is 6.29. The molecule has 0 saturated carbocycles. The van der Waals surface area contributed by atoms with E-state index in [9.17, 15) is 0 Å². The standard InChI is InChI=1S/C23H41NO/c1-9-15-24(16-10-2)19(3)17-25-21-13-11-20(12-14-21)23(7,8)18-22(4,5)6/h11-14,19H,9-10,15-18H2,1-8H3. The van der Waals surface area contributed by atoms with Crippen LogP contribution in [0, 0.1) is 5.41 Å². The molecule has 0 heterocycles. The van der Waals surface area contributed by atoms with Crippen molar-refractivity contribution in [2.45, 2.75) is 86.1 Å². The van der Waals surface area contributed by atoms with Crippen LogP contribution in [0.4, 0.5) is 0 Å². The fraction of sp³-hybridized carbons (Fsp3) is 0.739. The van der Waals surface area contributed by atoms with E-state index in [4.69, 9.17) is 4.74 Å². The number of benzene rings is 1. The highest BCUT2D eigenvalue weighted by atomic mass is 16.5.